The van der Waals surface area contributed by atoms with E-state index in [0.29, 0.717) is 121 Å². The molecule has 0 radical (unpaired) electrons. The van der Waals surface area contributed by atoms with E-state index in [1.807, 2.05) is 60.7 Å². The van der Waals surface area contributed by atoms with Gasteiger partial charge in [0.25, 0.3) is 11.8 Å². The summed E-state index contributed by atoms with van der Waals surface area (Å²) in [4.78, 5) is 130. The maximum Gasteiger partial charge on any atom is 0.697 e. The lowest BCUT2D eigenvalue weighted by molar-refractivity contribution is -0.142. The molecule has 0 unspecified atom stereocenters. The number of fused-ring (bicyclic) bond motifs is 10. The Labute approximate surface area is 711 Å². The second-order valence-corrected chi connectivity index (χ2v) is 40.1. The first kappa shape index (κ1) is 86.2. The summed E-state index contributed by atoms with van der Waals surface area (Å²) in [5, 5.41) is 11.6. The lowest BCUT2D eigenvalue weighted by Crippen LogP contribution is -2.59. The Kier molecular flexibility index (Phi) is 26.3. The predicted molar refractivity (Wildman–Crippen MR) is 448 cm³/mol. The second-order valence-electron chi connectivity index (χ2n) is 35.2. The highest BCUT2D eigenvalue weighted by molar-refractivity contribution is 7.91. The Bertz CT molecular complexity index is 4690. The van der Waals surface area contributed by atoms with E-state index in [4.69, 9.17) is 47.4 Å². The number of ether oxygens (including phenoxy) is 6. The zero-order chi connectivity index (χ0) is 85.0. The van der Waals surface area contributed by atoms with Crippen LogP contribution in [0.5, 0.6) is 23.3 Å². The average Bonchev–Trinajstić information content (AvgIpc) is 1.56. The Hall–Kier alpha value is -9.30. The predicted octanol–water partition coefficient (Wildman–Crippen LogP) is 10.4. The van der Waals surface area contributed by atoms with E-state index in [9.17, 15) is 40.6 Å². The monoisotopic (exact) mass is 1740 g/mol. The molecule has 14 atom stereocenters. The number of rotatable bonds is 26. The molecule has 4 bridgehead atoms. The van der Waals surface area contributed by atoms with Gasteiger partial charge in [0.2, 0.25) is 55.4 Å². The van der Waals surface area contributed by atoms with E-state index in [0.717, 1.165) is 64.2 Å². The highest BCUT2D eigenvalue weighted by atomic mass is 32.2. The number of allylic oxidation sites excluding steroid dienone is 4. The molecule has 4 aromatic rings. The molecule has 31 nitrogen and oxygen atoms in total. The van der Waals surface area contributed by atoms with Gasteiger partial charge in [0.15, 0.2) is 0 Å². The van der Waals surface area contributed by atoms with Gasteiger partial charge in [0, 0.05) is 52.9 Å². The van der Waals surface area contributed by atoms with Crippen LogP contribution in [0.1, 0.15) is 191 Å². The maximum absolute atomic E-state index is 15.4. The van der Waals surface area contributed by atoms with E-state index < -0.39 is 146 Å². The minimum absolute atomic E-state index is 0.0299. The van der Waals surface area contributed by atoms with Gasteiger partial charge >= 0.3 is 20.4 Å². The molecular weight excluding hydrogens is 1630 g/mol. The minimum atomic E-state index is -4.01. The Morgan fingerprint density at radius 2 is 0.918 bits per heavy atom. The molecule has 12 aliphatic rings. The van der Waals surface area contributed by atoms with Gasteiger partial charge in [-0.25, -0.2) is 36.4 Å². The first-order chi connectivity index (χ1) is 59.0. The van der Waals surface area contributed by atoms with Gasteiger partial charge in [-0.2, -0.15) is 0 Å². The van der Waals surface area contributed by atoms with Crippen molar-refractivity contribution in [2.45, 2.75) is 263 Å². The molecule has 122 heavy (non-hydrogen) atoms. The number of carbonyl (C=O) groups excluding carboxylic acids is 8. The van der Waals surface area contributed by atoms with Crippen LogP contribution in [0.4, 0.5) is 9.59 Å². The number of hydrogen-bond acceptors (Lipinski definition) is 23. The molecule has 34 heteroatoms. The summed E-state index contributed by atoms with van der Waals surface area (Å²) in [7, 11) is -10.7. The summed E-state index contributed by atoms with van der Waals surface area (Å²) >= 11 is 0. The molecule has 656 valence electrons. The van der Waals surface area contributed by atoms with E-state index in [2.05, 4.69) is 56.0 Å². The van der Waals surface area contributed by atoms with E-state index in [1.165, 1.54) is 22.0 Å². The number of sulfonamides is 2. The van der Waals surface area contributed by atoms with Crippen LogP contribution in [-0.4, -0.2) is 194 Å². The molecular formula is C88H112N10O21PS2+. The largest absolute Gasteiger partial charge is 0.697 e. The summed E-state index contributed by atoms with van der Waals surface area (Å²) in [6.45, 7) is 7.58. The molecule has 2 saturated heterocycles. The molecule has 4 aliphatic heterocycles. The third kappa shape index (κ3) is 19.3. The van der Waals surface area contributed by atoms with Crippen LogP contribution in [0.2, 0.25) is 0 Å². The minimum Gasteiger partial charge on any atom is -0.492 e. The molecule has 8 saturated carbocycles. The van der Waals surface area contributed by atoms with Crippen LogP contribution in [-0.2, 0) is 84.7 Å². The van der Waals surface area contributed by atoms with Crippen molar-refractivity contribution in [3.05, 3.63) is 109 Å². The molecule has 6 N–H and O–H groups in total. The van der Waals surface area contributed by atoms with E-state index in [-0.39, 0.29) is 139 Å². The average molecular weight is 1740 g/mol. The van der Waals surface area contributed by atoms with Gasteiger partial charge in [-0.3, -0.25) is 38.2 Å². The number of amides is 8. The molecule has 2 aromatic heterocycles. The Morgan fingerprint density at radius 3 is 1.31 bits per heavy atom. The highest BCUT2D eigenvalue weighted by Gasteiger charge is 2.64. The summed E-state index contributed by atoms with van der Waals surface area (Å²) in [5.74, 6) is -4.50. The van der Waals surface area contributed by atoms with Gasteiger partial charge in [-0.15, -0.1) is 22.2 Å². The molecule has 6 heterocycles. The number of hydrogen-bond donors (Lipinski definition) is 6. The molecule has 16 rings (SSSR count). The van der Waals surface area contributed by atoms with Crippen molar-refractivity contribution in [1.29, 1.82) is 0 Å². The first-order valence-corrected chi connectivity index (χ1v) is 48.2. The number of alkyl carbamates (subject to hydrolysis) is 2. The fourth-order valence-electron chi connectivity index (χ4n) is 19.7. The van der Waals surface area contributed by atoms with E-state index >= 15 is 19.2 Å². The normalized spacial score (nSPS) is 30.3. The standard InChI is InChI=1S/C88H111N10O21PS2/c1-3-57-49-87(57,83(103)95-121(108,109)61-39-40-61)93-77(99)69-47-59-51-97(69)81(101)73(55-25-11-12-26-55)91-85(105)118-71-37-19-29-53(71)23-7-5-9-33-65-75(63-31-15-17-35-67(63)89-79(65)116-59)112-43-21-45-114-120(107)115-46-22-44-113-76-64-32-16-18-36-68(64)90-80-66(76)34-10-6-8-24-54-30-20-38-72(54)119-86(106)92-74(56-27-13-14-28-56)82(102)98-52-60(117-80)48-70(98)78(100)94-88(50-58(88)4-2)84(104)96-122(110,111)62-41-42-62/h3-6,9-10,15-18,31-32,35-36,53-62,69-74H,1-2,7-8,11-14,19-30,33-34,37-52H2,(H5-,91,92,93,94,95,96,99,100,103,104,105,106)/p+1/b9-5+,10-6+/t53-,54-,57-,58-,59-,60-,69+,70+,71-,72-,73+,74+,87-,88-/m1/s1. The quantitative estimate of drug-likeness (QED) is 0.0193. The number of nitrogens with one attached hydrogen (secondary N) is 6. The van der Waals surface area contributed by atoms with Crippen molar-refractivity contribution in [2.24, 2.45) is 35.5 Å². The fraction of sp³-hybridized carbons (Fsp3) is 0.614. The van der Waals surface area contributed by atoms with Gasteiger partial charge in [0.05, 0.1) is 59.0 Å². The smallest absolute Gasteiger partial charge is 0.492 e. The van der Waals surface area contributed by atoms with Crippen molar-refractivity contribution in [3.63, 3.8) is 0 Å². The van der Waals surface area contributed by atoms with Gasteiger partial charge in [-0.05, 0) is 189 Å². The van der Waals surface area contributed by atoms with Gasteiger partial charge in [-0.1, -0.05) is 86.4 Å². The molecule has 0 spiro atoms. The Balaban J connectivity index is 0.602. The van der Waals surface area contributed by atoms with Crippen LogP contribution < -0.4 is 49.7 Å². The van der Waals surface area contributed by atoms with Crippen molar-refractivity contribution >= 4 is 97.7 Å². The second kappa shape index (κ2) is 37.2. The zero-order valence-corrected chi connectivity index (χ0v) is 71.3. The van der Waals surface area contributed by atoms with Gasteiger partial charge < -0.3 is 59.5 Å². The first-order valence-electron chi connectivity index (χ1n) is 44.0. The summed E-state index contributed by atoms with van der Waals surface area (Å²) < 4.78 is 122. The van der Waals surface area contributed by atoms with Crippen LogP contribution in [0.15, 0.2) is 98.1 Å². The van der Waals surface area contributed by atoms with Crippen LogP contribution in [0, 0.1) is 35.5 Å². The molecule has 8 amide bonds. The third-order valence-corrected chi connectivity index (χ3v) is 31.3. The van der Waals surface area contributed by atoms with E-state index in [1.54, 1.807) is 0 Å². The lowest BCUT2D eigenvalue weighted by atomic mass is 9.96. The number of nitrogens with zero attached hydrogens (tertiary/aromatic N) is 4. The maximum atomic E-state index is 15.4. The van der Waals surface area contributed by atoms with Crippen molar-refractivity contribution in [2.75, 3.05) is 39.5 Å². The topological polar surface area (TPSA) is 400 Å². The number of pyridine rings is 2. The van der Waals surface area contributed by atoms with Gasteiger partial charge in [0.1, 0.15) is 84.4 Å². The SMILES string of the molecule is C=C[C@@H]1C[C@]1(NC(=O)[C@@H]1C[C@@H]2CN1C(=O)[C@H](C1CCCC1)NC(=O)O[C@@H]1CCC[C@H]1CC/C=C/Cc1c(nc3ccccc3c1OCCCO[P+](=O)OCCCOc1c3c(nc4ccccc14)O[C@@H]1C[C@@H](C(=O)N[C@]4(C(=O)NS(=O)(=O)C5CC5)C[C@H]4C=C)N(C1)C(=O)[C@H](C1CCCC1)NC(=O)O[C@@H]1CCC[C@H]1CC/C=C/C3)O2)C(=O)NS(=O)(=O)C1CC1. The number of para-hydroxylation sites is 2. The highest BCUT2D eigenvalue weighted by Crippen LogP contribution is 2.49. The van der Waals surface area contributed by atoms with Crippen molar-refractivity contribution in [3.8, 4) is 23.3 Å². The third-order valence-electron chi connectivity index (χ3n) is 26.9. The molecule has 2 aromatic carbocycles. The lowest BCUT2D eigenvalue weighted by Gasteiger charge is -2.32. The summed E-state index contributed by atoms with van der Waals surface area (Å²) in [5.41, 5.74) is -1.09. The van der Waals surface area contributed by atoms with Crippen molar-refractivity contribution < 1.29 is 97.2 Å². The number of benzene rings is 2. The summed E-state index contributed by atoms with van der Waals surface area (Å²) in [6, 6.07) is 10.2. The van der Waals surface area contributed by atoms with Crippen LogP contribution in [0.25, 0.3) is 21.8 Å². The van der Waals surface area contributed by atoms with Crippen LogP contribution in [0.3, 0.4) is 0 Å². The number of carbonyl (C=O) groups is 8. The number of aromatic nitrogens is 2. The van der Waals surface area contributed by atoms with Crippen molar-refractivity contribution in [1.82, 2.24) is 50.5 Å². The molecule has 8 aliphatic carbocycles. The van der Waals surface area contributed by atoms with Crippen LogP contribution >= 0.6 is 8.25 Å². The zero-order valence-electron chi connectivity index (χ0n) is 68.8. The summed E-state index contributed by atoms with van der Waals surface area (Å²) in [6.07, 6.45) is 23.5. The Morgan fingerprint density at radius 1 is 0.516 bits per heavy atom. The molecule has 10 fully saturated rings. The fourth-order valence-corrected chi connectivity index (χ4v) is 23.1.